The lowest BCUT2D eigenvalue weighted by atomic mass is 10.1. The Bertz CT molecular complexity index is 485. The van der Waals surface area contributed by atoms with Gasteiger partial charge in [-0.1, -0.05) is 19.9 Å². The number of rotatable bonds is 5. The fraction of sp³-hybridized carbons (Fsp3) is 0.467. The minimum absolute atomic E-state index is 0.784. The third-order valence-corrected chi connectivity index (χ3v) is 3.17. The van der Waals surface area contributed by atoms with Gasteiger partial charge in [-0.2, -0.15) is 0 Å². The van der Waals surface area contributed by atoms with Crippen molar-refractivity contribution in [3.8, 4) is 5.75 Å². The topological polar surface area (TPSA) is 14.2 Å². The maximum absolute atomic E-state index is 5.37. The van der Waals surface area contributed by atoms with Crippen molar-refractivity contribution >= 4 is 10.9 Å². The van der Waals surface area contributed by atoms with Crippen molar-refractivity contribution in [2.45, 2.75) is 33.2 Å². The van der Waals surface area contributed by atoms with Crippen molar-refractivity contribution in [2.24, 2.45) is 5.92 Å². The van der Waals surface area contributed by atoms with Gasteiger partial charge in [-0.3, -0.25) is 0 Å². The molecule has 17 heavy (non-hydrogen) atoms. The minimum Gasteiger partial charge on any atom is -0.496 e. The zero-order chi connectivity index (χ0) is 12.3. The van der Waals surface area contributed by atoms with Gasteiger partial charge >= 0.3 is 0 Å². The second-order valence-electron chi connectivity index (χ2n) is 4.94. The van der Waals surface area contributed by atoms with E-state index >= 15 is 0 Å². The predicted octanol–water partition coefficient (Wildman–Crippen LogP) is 4.09. The molecule has 0 saturated heterocycles. The number of nitrogens with zero attached hydrogens (tertiary/aromatic N) is 1. The van der Waals surface area contributed by atoms with Crippen LogP contribution >= 0.6 is 0 Å². The Kier molecular flexibility index (Phi) is 3.72. The van der Waals surface area contributed by atoms with Crippen molar-refractivity contribution in [1.82, 2.24) is 4.57 Å². The van der Waals surface area contributed by atoms with Crippen LogP contribution in [0.25, 0.3) is 10.9 Å². The Morgan fingerprint density at radius 1 is 1.24 bits per heavy atom. The average Bonchev–Trinajstić information content (AvgIpc) is 2.72. The van der Waals surface area contributed by atoms with Crippen LogP contribution < -0.4 is 4.74 Å². The summed E-state index contributed by atoms with van der Waals surface area (Å²) in [6.07, 6.45) is 4.68. The highest BCUT2D eigenvalue weighted by atomic mass is 16.5. The Morgan fingerprint density at radius 2 is 2.06 bits per heavy atom. The molecule has 0 unspecified atom stereocenters. The van der Waals surface area contributed by atoms with Crippen LogP contribution in [0.1, 0.15) is 26.7 Å². The number of hydrogen-bond acceptors (Lipinski definition) is 1. The molecule has 0 aliphatic carbocycles. The molecule has 2 aromatic rings. The number of aryl methyl sites for hydroxylation is 1. The molecule has 0 spiro atoms. The third-order valence-electron chi connectivity index (χ3n) is 3.17. The van der Waals surface area contributed by atoms with Crippen LogP contribution in [-0.2, 0) is 6.54 Å². The molecular weight excluding hydrogens is 210 g/mol. The Balaban J connectivity index is 2.18. The molecule has 0 amide bonds. The summed E-state index contributed by atoms with van der Waals surface area (Å²) in [6, 6.07) is 8.37. The summed E-state index contributed by atoms with van der Waals surface area (Å²) >= 11 is 0. The molecule has 2 heteroatoms. The molecule has 0 radical (unpaired) electrons. The van der Waals surface area contributed by atoms with Gasteiger partial charge in [-0.05, 0) is 37.0 Å². The second-order valence-corrected chi connectivity index (χ2v) is 4.94. The largest absolute Gasteiger partial charge is 0.496 e. The van der Waals surface area contributed by atoms with Gasteiger partial charge in [0.25, 0.3) is 0 Å². The molecule has 0 atom stereocenters. The monoisotopic (exact) mass is 231 g/mol. The average molecular weight is 231 g/mol. The first-order valence-electron chi connectivity index (χ1n) is 6.34. The summed E-state index contributed by atoms with van der Waals surface area (Å²) in [6.45, 7) is 5.64. The highest BCUT2D eigenvalue weighted by Gasteiger charge is 2.05. The fourth-order valence-corrected chi connectivity index (χ4v) is 2.24. The number of methoxy groups -OCH3 is 1. The summed E-state index contributed by atoms with van der Waals surface area (Å²) < 4.78 is 7.69. The molecule has 2 nitrogen and oxygen atoms in total. The molecule has 0 aliphatic heterocycles. The lowest BCUT2D eigenvalue weighted by Crippen LogP contribution is -1.98. The quantitative estimate of drug-likeness (QED) is 0.756. The van der Waals surface area contributed by atoms with Crippen LogP contribution in [0.4, 0.5) is 0 Å². The molecule has 2 rings (SSSR count). The van der Waals surface area contributed by atoms with Gasteiger partial charge < -0.3 is 9.30 Å². The first kappa shape index (κ1) is 12.0. The van der Waals surface area contributed by atoms with Crippen LogP contribution in [0.3, 0.4) is 0 Å². The lowest BCUT2D eigenvalue weighted by molar-refractivity contribution is 0.420. The smallest absolute Gasteiger partial charge is 0.128 e. The van der Waals surface area contributed by atoms with Gasteiger partial charge in [0.1, 0.15) is 5.75 Å². The summed E-state index contributed by atoms with van der Waals surface area (Å²) in [5.74, 6) is 1.75. The molecule has 0 saturated carbocycles. The number of aromatic nitrogens is 1. The fourth-order valence-electron chi connectivity index (χ4n) is 2.24. The van der Waals surface area contributed by atoms with Gasteiger partial charge in [0.15, 0.2) is 0 Å². The van der Waals surface area contributed by atoms with E-state index in [1.807, 2.05) is 6.07 Å². The van der Waals surface area contributed by atoms with E-state index in [4.69, 9.17) is 4.74 Å². The maximum Gasteiger partial charge on any atom is 0.128 e. The number of benzene rings is 1. The van der Waals surface area contributed by atoms with E-state index in [0.717, 1.165) is 18.2 Å². The molecular formula is C15H21NO. The predicted molar refractivity (Wildman–Crippen MR) is 72.6 cm³/mol. The van der Waals surface area contributed by atoms with Crippen LogP contribution in [0.5, 0.6) is 5.75 Å². The molecule has 0 bridgehead atoms. The van der Waals surface area contributed by atoms with Gasteiger partial charge in [-0.15, -0.1) is 0 Å². The Labute approximate surface area is 103 Å². The van der Waals surface area contributed by atoms with Crippen molar-refractivity contribution in [2.75, 3.05) is 7.11 Å². The van der Waals surface area contributed by atoms with Crippen molar-refractivity contribution in [3.63, 3.8) is 0 Å². The van der Waals surface area contributed by atoms with Crippen LogP contribution in [0, 0.1) is 5.92 Å². The molecule has 0 N–H and O–H groups in total. The summed E-state index contributed by atoms with van der Waals surface area (Å²) in [5, 5.41) is 1.21. The summed E-state index contributed by atoms with van der Waals surface area (Å²) in [7, 11) is 1.73. The van der Waals surface area contributed by atoms with Crippen molar-refractivity contribution in [1.29, 1.82) is 0 Å². The van der Waals surface area contributed by atoms with Gasteiger partial charge in [-0.25, -0.2) is 0 Å². The molecule has 1 heterocycles. The normalized spacial score (nSPS) is 11.3. The summed E-state index contributed by atoms with van der Waals surface area (Å²) in [4.78, 5) is 0. The van der Waals surface area contributed by atoms with E-state index in [9.17, 15) is 0 Å². The molecule has 92 valence electrons. The zero-order valence-corrected chi connectivity index (χ0v) is 10.9. The van der Waals surface area contributed by atoms with Gasteiger partial charge in [0.05, 0.1) is 12.6 Å². The summed E-state index contributed by atoms with van der Waals surface area (Å²) in [5.41, 5.74) is 1.27. The van der Waals surface area contributed by atoms with Crippen LogP contribution in [0.2, 0.25) is 0 Å². The molecule has 0 fully saturated rings. The highest BCUT2D eigenvalue weighted by molar-refractivity contribution is 5.86. The Morgan fingerprint density at radius 3 is 2.76 bits per heavy atom. The number of fused-ring (bicyclic) bond motifs is 1. The number of hydrogen-bond donors (Lipinski definition) is 0. The Hall–Kier alpha value is -1.44. The van der Waals surface area contributed by atoms with E-state index in [1.165, 1.54) is 23.7 Å². The molecule has 0 aliphatic rings. The van der Waals surface area contributed by atoms with Crippen molar-refractivity contribution < 1.29 is 4.74 Å². The zero-order valence-electron chi connectivity index (χ0n) is 10.9. The highest BCUT2D eigenvalue weighted by Crippen LogP contribution is 2.26. The van der Waals surface area contributed by atoms with E-state index in [2.05, 4.69) is 42.8 Å². The molecule has 1 aromatic carbocycles. The minimum atomic E-state index is 0.784. The van der Waals surface area contributed by atoms with E-state index in [-0.39, 0.29) is 0 Å². The maximum atomic E-state index is 5.37. The van der Waals surface area contributed by atoms with Gasteiger partial charge in [0, 0.05) is 18.1 Å². The first-order chi connectivity index (χ1) is 8.22. The first-order valence-corrected chi connectivity index (χ1v) is 6.34. The molecule has 1 aromatic heterocycles. The van der Waals surface area contributed by atoms with Crippen LogP contribution in [0.15, 0.2) is 30.5 Å². The van der Waals surface area contributed by atoms with E-state index in [0.29, 0.717) is 0 Å². The standard InChI is InChI=1S/C15H21NO/c1-12(2)6-5-10-16-11-9-13-14(16)7-4-8-15(13)17-3/h4,7-9,11-12H,5-6,10H2,1-3H3. The van der Waals surface area contributed by atoms with Gasteiger partial charge in [0.2, 0.25) is 0 Å². The third kappa shape index (κ3) is 2.63. The van der Waals surface area contributed by atoms with E-state index in [1.54, 1.807) is 7.11 Å². The van der Waals surface area contributed by atoms with E-state index < -0.39 is 0 Å². The van der Waals surface area contributed by atoms with Crippen molar-refractivity contribution in [3.05, 3.63) is 30.5 Å². The second kappa shape index (κ2) is 5.26. The lowest BCUT2D eigenvalue weighted by Gasteiger charge is -2.08. The van der Waals surface area contributed by atoms with Crippen LogP contribution in [-0.4, -0.2) is 11.7 Å². The number of ether oxygens (including phenoxy) is 1. The SMILES string of the molecule is COc1cccc2c1ccn2CCCC(C)C.